The number of nitrogens with one attached hydrogen (secondary N) is 1. The maximum atomic E-state index is 15.5. The van der Waals surface area contributed by atoms with Crippen molar-refractivity contribution >= 4 is 10.8 Å². The summed E-state index contributed by atoms with van der Waals surface area (Å²) in [6, 6.07) is 22.4. The highest BCUT2D eigenvalue weighted by molar-refractivity contribution is 5.83. The molecule has 1 unspecified atom stereocenters. The third kappa shape index (κ3) is 2.96. The van der Waals surface area contributed by atoms with Crippen LogP contribution in [0.15, 0.2) is 72.9 Å². The van der Waals surface area contributed by atoms with E-state index in [0.29, 0.717) is 17.8 Å². The van der Waals surface area contributed by atoms with Crippen molar-refractivity contribution in [1.29, 1.82) is 0 Å². The normalized spacial score (nSPS) is 16.5. The fourth-order valence-corrected chi connectivity index (χ4v) is 4.17. The van der Waals surface area contributed by atoms with E-state index in [0.717, 1.165) is 24.1 Å². The van der Waals surface area contributed by atoms with Gasteiger partial charge >= 0.3 is 0 Å². The minimum Gasteiger partial charge on any atom is -0.313 e. The van der Waals surface area contributed by atoms with Gasteiger partial charge in [-0.15, -0.1) is 0 Å². The lowest BCUT2D eigenvalue weighted by molar-refractivity contribution is 0.596. The molecule has 0 aliphatic carbocycles. The van der Waals surface area contributed by atoms with Crippen LogP contribution >= 0.6 is 0 Å². The van der Waals surface area contributed by atoms with Gasteiger partial charge in [0, 0.05) is 29.8 Å². The van der Waals surface area contributed by atoms with Crippen molar-refractivity contribution in [2.75, 3.05) is 6.54 Å². The summed E-state index contributed by atoms with van der Waals surface area (Å²) in [5.41, 5.74) is 4.10. The van der Waals surface area contributed by atoms with Gasteiger partial charge in [-0.3, -0.25) is 0 Å². The van der Waals surface area contributed by atoms with Crippen molar-refractivity contribution in [1.82, 2.24) is 15.5 Å². The molecule has 4 aromatic rings. The molecule has 0 saturated carbocycles. The molecule has 0 fully saturated rings. The van der Waals surface area contributed by atoms with Gasteiger partial charge in [0.25, 0.3) is 0 Å². The van der Waals surface area contributed by atoms with Gasteiger partial charge < -0.3 is 5.32 Å². The van der Waals surface area contributed by atoms with Gasteiger partial charge in [0.05, 0.1) is 5.69 Å². The summed E-state index contributed by atoms with van der Waals surface area (Å²) in [4.78, 5) is 0. The van der Waals surface area contributed by atoms with E-state index < -0.39 is 0 Å². The summed E-state index contributed by atoms with van der Waals surface area (Å²) < 4.78 is 15.5. The minimum absolute atomic E-state index is 0.167. The van der Waals surface area contributed by atoms with Crippen LogP contribution in [-0.4, -0.2) is 16.7 Å². The molecule has 0 amide bonds. The Morgan fingerprint density at radius 2 is 1.82 bits per heavy atom. The maximum absolute atomic E-state index is 15.5. The van der Waals surface area contributed by atoms with Crippen LogP contribution in [0.3, 0.4) is 0 Å². The second kappa shape index (κ2) is 7.13. The maximum Gasteiger partial charge on any atom is 0.137 e. The molecule has 1 aliphatic rings. The minimum atomic E-state index is -0.196. The lowest BCUT2D eigenvalue weighted by Crippen LogP contribution is -2.13. The number of nitrogens with zero attached hydrogens (tertiary/aromatic N) is 2. The predicted molar refractivity (Wildman–Crippen MR) is 110 cm³/mol. The first kappa shape index (κ1) is 17.0. The number of rotatable bonds is 2. The first-order chi connectivity index (χ1) is 13.8. The molecule has 1 atom stereocenters. The largest absolute Gasteiger partial charge is 0.313 e. The van der Waals surface area contributed by atoms with E-state index in [-0.39, 0.29) is 11.7 Å². The average Bonchev–Trinajstić information content (AvgIpc) is 2.97. The van der Waals surface area contributed by atoms with Crippen molar-refractivity contribution in [2.45, 2.75) is 18.9 Å². The third-order valence-electron chi connectivity index (χ3n) is 5.59. The lowest BCUT2D eigenvalue weighted by atomic mass is 9.84. The monoisotopic (exact) mass is 369 g/mol. The van der Waals surface area contributed by atoms with E-state index in [1.54, 1.807) is 18.3 Å². The van der Waals surface area contributed by atoms with E-state index in [1.807, 2.05) is 6.07 Å². The van der Waals surface area contributed by atoms with Crippen LogP contribution < -0.4 is 5.32 Å². The summed E-state index contributed by atoms with van der Waals surface area (Å²) in [5.74, 6) is -0.0294. The van der Waals surface area contributed by atoms with Crippen molar-refractivity contribution in [3.63, 3.8) is 0 Å². The molecule has 1 aliphatic heterocycles. The van der Waals surface area contributed by atoms with Gasteiger partial charge in [-0.2, -0.15) is 10.2 Å². The van der Waals surface area contributed by atoms with Crippen molar-refractivity contribution in [3.05, 3.63) is 95.4 Å². The molecule has 1 aromatic heterocycles. The summed E-state index contributed by atoms with van der Waals surface area (Å²) in [5, 5.41) is 13.8. The number of halogens is 1. The molecule has 4 heteroatoms. The van der Waals surface area contributed by atoms with E-state index in [4.69, 9.17) is 0 Å². The van der Waals surface area contributed by atoms with E-state index in [2.05, 4.69) is 64.0 Å². The van der Waals surface area contributed by atoms with Crippen LogP contribution in [-0.2, 0) is 6.54 Å². The molecule has 3 nitrogen and oxygen atoms in total. The molecule has 28 heavy (non-hydrogen) atoms. The van der Waals surface area contributed by atoms with E-state index in [9.17, 15) is 0 Å². The first-order valence-corrected chi connectivity index (χ1v) is 9.60. The van der Waals surface area contributed by atoms with Crippen LogP contribution in [0, 0.1) is 5.82 Å². The number of hydrogen-bond donors (Lipinski definition) is 1. The Morgan fingerprint density at radius 1 is 0.929 bits per heavy atom. The van der Waals surface area contributed by atoms with Crippen LogP contribution in [0.2, 0.25) is 0 Å². The zero-order chi connectivity index (χ0) is 18.9. The molecule has 0 radical (unpaired) electrons. The fraction of sp³-hybridized carbons (Fsp3) is 0.167. The SMILES string of the molecule is Fc1c(-c2cccnn2)ccc2c1CNCCC2c1ccc2ccccc2c1. The van der Waals surface area contributed by atoms with Gasteiger partial charge in [0.15, 0.2) is 0 Å². The Bertz CT molecular complexity index is 1140. The third-order valence-corrected chi connectivity index (χ3v) is 5.59. The molecule has 5 rings (SSSR count). The van der Waals surface area contributed by atoms with E-state index >= 15 is 4.39 Å². The lowest BCUT2D eigenvalue weighted by Gasteiger charge is -2.20. The Hall–Kier alpha value is -3.11. The molecule has 3 aromatic carbocycles. The van der Waals surface area contributed by atoms with E-state index in [1.165, 1.54) is 16.3 Å². The average molecular weight is 369 g/mol. The van der Waals surface area contributed by atoms with Crippen LogP contribution in [0.4, 0.5) is 4.39 Å². The van der Waals surface area contributed by atoms with Gasteiger partial charge in [-0.05, 0) is 53.1 Å². The Balaban J connectivity index is 1.63. The Morgan fingerprint density at radius 3 is 2.68 bits per heavy atom. The van der Waals surface area contributed by atoms with Crippen molar-refractivity contribution in [3.8, 4) is 11.3 Å². The molecule has 2 heterocycles. The van der Waals surface area contributed by atoms with Crippen LogP contribution in [0.1, 0.15) is 29.0 Å². The molecular formula is C24H20FN3. The highest BCUT2D eigenvalue weighted by Crippen LogP contribution is 2.37. The van der Waals surface area contributed by atoms with Gasteiger partial charge in [0.2, 0.25) is 0 Å². The summed E-state index contributed by atoms with van der Waals surface area (Å²) >= 11 is 0. The van der Waals surface area contributed by atoms with Crippen LogP contribution in [0.5, 0.6) is 0 Å². The summed E-state index contributed by atoms with van der Waals surface area (Å²) in [6.07, 6.45) is 2.54. The fourth-order valence-electron chi connectivity index (χ4n) is 4.17. The molecule has 0 spiro atoms. The molecule has 1 N–H and O–H groups in total. The molecule has 0 bridgehead atoms. The zero-order valence-corrected chi connectivity index (χ0v) is 15.4. The van der Waals surface area contributed by atoms with Crippen molar-refractivity contribution in [2.24, 2.45) is 0 Å². The summed E-state index contributed by atoms with van der Waals surface area (Å²) in [6.45, 7) is 1.38. The number of aromatic nitrogens is 2. The Kier molecular flexibility index (Phi) is 4.34. The standard InChI is InChI=1S/C24H20FN3/c25-24-21(23-6-3-12-27-28-23)10-9-20-19(11-13-26-15-22(20)24)18-8-7-16-4-1-2-5-17(16)14-18/h1-10,12,14,19,26H,11,13,15H2. The predicted octanol–water partition coefficient (Wildman–Crippen LogP) is 5.06. The molecule has 0 saturated heterocycles. The quantitative estimate of drug-likeness (QED) is 0.537. The second-order valence-corrected chi connectivity index (χ2v) is 7.23. The number of hydrogen-bond acceptors (Lipinski definition) is 3. The summed E-state index contributed by atoms with van der Waals surface area (Å²) in [7, 11) is 0. The first-order valence-electron chi connectivity index (χ1n) is 9.60. The zero-order valence-electron chi connectivity index (χ0n) is 15.4. The number of benzene rings is 3. The smallest absolute Gasteiger partial charge is 0.137 e. The molecule has 138 valence electrons. The van der Waals surface area contributed by atoms with Crippen LogP contribution in [0.25, 0.3) is 22.0 Å². The van der Waals surface area contributed by atoms with Gasteiger partial charge in [0.1, 0.15) is 5.82 Å². The van der Waals surface area contributed by atoms with Crippen molar-refractivity contribution < 1.29 is 4.39 Å². The Labute approximate surface area is 163 Å². The second-order valence-electron chi connectivity index (χ2n) is 7.23. The topological polar surface area (TPSA) is 37.8 Å². The molecular weight excluding hydrogens is 349 g/mol. The highest BCUT2D eigenvalue weighted by Gasteiger charge is 2.24. The van der Waals surface area contributed by atoms with Gasteiger partial charge in [-0.1, -0.05) is 48.5 Å². The van der Waals surface area contributed by atoms with Gasteiger partial charge in [-0.25, -0.2) is 4.39 Å². The highest BCUT2D eigenvalue weighted by atomic mass is 19.1. The number of fused-ring (bicyclic) bond motifs is 2.